The maximum Gasteiger partial charge on any atom is 0.409 e. The van der Waals surface area contributed by atoms with E-state index in [1.54, 1.807) is 17.0 Å². The Morgan fingerprint density at radius 2 is 1.80 bits per heavy atom. The van der Waals surface area contributed by atoms with Gasteiger partial charge < -0.3 is 15.0 Å². The molecule has 0 bridgehead atoms. The molecule has 14 heteroatoms. The highest BCUT2D eigenvalue weighted by Gasteiger charge is 2.47. The molecule has 1 heterocycles. The average molecular weight is 601 g/mol. The molecule has 40 heavy (non-hydrogen) atoms. The van der Waals surface area contributed by atoms with Gasteiger partial charge >= 0.3 is 6.09 Å². The number of nitrogens with one attached hydrogen (secondary N) is 2. The van der Waals surface area contributed by atoms with Gasteiger partial charge in [0.1, 0.15) is 6.04 Å². The minimum atomic E-state index is -3.81. The van der Waals surface area contributed by atoms with Crippen LogP contribution in [0.25, 0.3) is 0 Å². The first-order valence-corrected chi connectivity index (χ1v) is 14.3. The predicted molar refractivity (Wildman–Crippen MR) is 145 cm³/mol. The zero-order valence-electron chi connectivity index (χ0n) is 22.0. The van der Waals surface area contributed by atoms with Crippen molar-refractivity contribution in [2.75, 3.05) is 32.1 Å². The van der Waals surface area contributed by atoms with Crippen LogP contribution >= 0.6 is 11.6 Å². The number of rotatable bonds is 8. The van der Waals surface area contributed by atoms with E-state index in [2.05, 4.69) is 14.8 Å². The molecule has 1 aliphatic carbocycles. The second kappa shape index (κ2) is 13.4. The molecule has 10 nitrogen and oxygen atoms in total. The number of sulfonamides is 1. The molecular formula is C26H31ClF2N4O6S. The van der Waals surface area contributed by atoms with Crippen LogP contribution < -0.4 is 14.9 Å². The van der Waals surface area contributed by atoms with E-state index in [9.17, 15) is 31.6 Å². The molecule has 218 valence electrons. The zero-order chi connectivity index (χ0) is 29.5. The number of carbonyl (C=O) groups is 3. The Kier molecular flexibility index (Phi) is 10.4. The van der Waals surface area contributed by atoms with Gasteiger partial charge in [-0.25, -0.2) is 26.7 Å². The summed E-state index contributed by atoms with van der Waals surface area (Å²) in [6.45, 7) is 1.74. The molecule has 1 saturated heterocycles. The van der Waals surface area contributed by atoms with Crippen LogP contribution in [0, 0.1) is 0 Å². The summed E-state index contributed by atoms with van der Waals surface area (Å²) >= 11 is 6.26. The van der Waals surface area contributed by atoms with Crippen molar-refractivity contribution in [1.29, 1.82) is 0 Å². The molecule has 4 rings (SSSR count). The fourth-order valence-electron chi connectivity index (χ4n) is 4.39. The summed E-state index contributed by atoms with van der Waals surface area (Å²) in [7, 11) is -1.15. The van der Waals surface area contributed by atoms with Crippen LogP contribution in [0.1, 0.15) is 37.3 Å². The molecule has 1 aliphatic heterocycles. The monoisotopic (exact) mass is 600 g/mol. The van der Waals surface area contributed by atoms with Gasteiger partial charge in [-0.05, 0) is 44.2 Å². The first-order chi connectivity index (χ1) is 18.9. The van der Waals surface area contributed by atoms with Gasteiger partial charge in [0.2, 0.25) is 22.3 Å². The Balaban J connectivity index is 0.000000415. The lowest BCUT2D eigenvalue weighted by atomic mass is 9.87. The summed E-state index contributed by atoms with van der Waals surface area (Å²) in [5.41, 5.74) is 0.382. The maximum absolute atomic E-state index is 13.2. The lowest BCUT2D eigenvalue weighted by Gasteiger charge is -2.37. The second-order valence-electron chi connectivity index (χ2n) is 9.28. The van der Waals surface area contributed by atoms with Crippen molar-refractivity contribution in [1.82, 2.24) is 14.9 Å². The number of methoxy groups -OCH3 is 1. The topological polar surface area (TPSA) is 125 Å². The van der Waals surface area contributed by atoms with E-state index in [1.165, 1.54) is 50.6 Å². The first kappa shape index (κ1) is 31.2. The van der Waals surface area contributed by atoms with E-state index in [1.807, 2.05) is 0 Å². The Morgan fingerprint density at radius 1 is 1.15 bits per heavy atom. The summed E-state index contributed by atoms with van der Waals surface area (Å²) in [4.78, 5) is 38.5. The molecule has 0 aromatic heterocycles. The van der Waals surface area contributed by atoms with Crippen LogP contribution in [0.5, 0.6) is 0 Å². The minimum absolute atomic E-state index is 0.115. The van der Waals surface area contributed by atoms with Crippen LogP contribution in [0.4, 0.5) is 19.3 Å². The highest BCUT2D eigenvalue weighted by Crippen LogP contribution is 2.38. The summed E-state index contributed by atoms with van der Waals surface area (Å²) in [6.07, 6.45) is 1.43. The second-order valence-corrected chi connectivity index (χ2v) is 11.6. The number of benzene rings is 2. The van der Waals surface area contributed by atoms with Gasteiger partial charge in [-0.3, -0.25) is 14.5 Å². The van der Waals surface area contributed by atoms with Gasteiger partial charge in [-0.2, -0.15) is 0 Å². The molecule has 1 saturated carbocycles. The van der Waals surface area contributed by atoms with Crippen LogP contribution in [-0.4, -0.2) is 70.9 Å². The molecule has 2 aromatic carbocycles. The van der Waals surface area contributed by atoms with E-state index in [0.29, 0.717) is 6.41 Å². The normalized spacial score (nSPS) is 17.1. The number of hydrogen-bond donors (Lipinski definition) is 2. The number of halogens is 3. The molecule has 0 unspecified atom stereocenters. The number of amides is 3. The van der Waals surface area contributed by atoms with E-state index >= 15 is 0 Å². The predicted octanol–water partition coefficient (Wildman–Crippen LogP) is 3.71. The summed E-state index contributed by atoms with van der Waals surface area (Å²) in [5, 5.41) is 2.72. The van der Waals surface area contributed by atoms with Crippen molar-refractivity contribution >= 4 is 45.7 Å². The quantitative estimate of drug-likeness (QED) is 0.445. The lowest BCUT2D eigenvalue weighted by Crippen LogP contribution is -2.53. The Hall–Kier alpha value is -3.29. The third-order valence-corrected chi connectivity index (χ3v) is 8.27. The standard InChI is InChI=1S/C20H20ClF2N3O4S.C6H11NO2/c1-24-31(29,30)15-6-4-5-14(9-15)26(12-27)18(16-7-2-3-8-17(16)21)19(28)25-13-10-20(22,23)11-13;1-9-6(8)7-4-2-3-5-7/h2-9,12-13,18,24H,10-11H2,1H3,(H,25,28);2-5H2,1H3/t18-;/m0./s1. The molecule has 2 fully saturated rings. The SMILES string of the molecule is CNS(=O)(=O)c1cccc(N(C=O)[C@H](C(=O)NC2CC(F)(F)C2)c2ccccc2Cl)c1.COC(=O)N1CCCC1. The molecular weight excluding hydrogens is 570 g/mol. The Morgan fingerprint density at radius 3 is 2.35 bits per heavy atom. The molecule has 2 N–H and O–H groups in total. The molecule has 2 aliphatic rings. The molecule has 1 atom stereocenters. The number of carbonyl (C=O) groups excluding carboxylic acids is 3. The number of anilines is 1. The third-order valence-electron chi connectivity index (χ3n) is 6.51. The molecule has 2 aromatic rings. The van der Waals surface area contributed by atoms with Gasteiger partial charge in [0, 0.05) is 48.2 Å². The summed E-state index contributed by atoms with van der Waals surface area (Å²) in [5.74, 6) is -3.54. The fraction of sp³-hybridized carbons (Fsp3) is 0.423. The van der Waals surface area contributed by atoms with Gasteiger partial charge in [0.25, 0.3) is 5.92 Å². The summed E-state index contributed by atoms with van der Waals surface area (Å²) in [6, 6.07) is 9.72. The van der Waals surface area contributed by atoms with Crippen molar-refractivity contribution in [2.45, 2.75) is 48.6 Å². The van der Waals surface area contributed by atoms with Crippen LogP contribution in [-0.2, 0) is 24.3 Å². The van der Waals surface area contributed by atoms with Crippen molar-refractivity contribution in [3.05, 3.63) is 59.1 Å². The minimum Gasteiger partial charge on any atom is -0.453 e. The van der Waals surface area contributed by atoms with Crippen molar-refractivity contribution in [3.63, 3.8) is 0 Å². The van der Waals surface area contributed by atoms with Crippen molar-refractivity contribution in [2.24, 2.45) is 0 Å². The van der Waals surface area contributed by atoms with E-state index < -0.39 is 46.8 Å². The summed E-state index contributed by atoms with van der Waals surface area (Å²) < 4.78 is 57.4. The van der Waals surface area contributed by atoms with Crippen LogP contribution in [0.15, 0.2) is 53.4 Å². The Labute approximate surface area is 236 Å². The number of ether oxygens (including phenoxy) is 1. The highest BCUT2D eigenvalue weighted by atomic mass is 35.5. The first-order valence-electron chi connectivity index (χ1n) is 12.4. The average Bonchev–Trinajstić information content (AvgIpc) is 3.46. The van der Waals surface area contributed by atoms with E-state index in [0.717, 1.165) is 30.8 Å². The van der Waals surface area contributed by atoms with Gasteiger partial charge in [0.05, 0.1) is 12.0 Å². The molecule has 3 amide bonds. The number of likely N-dealkylation sites (tertiary alicyclic amines) is 1. The zero-order valence-corrected chi connectivity index (χ0v) is 23.6. The van der Waals surface area contributed by atoms with Crippen molar-refractivity contribution in [3.8, 4) is 0 Å². The maximum atomic E-state index is 13.2. The van der Waals surface area contributed by atoms with Crippen molar-refractivity contribution < 1.29 is 36.3 Å². The fourth-order valence-corrected chi connectivity index (χ4v) is 5.39. The number of alkyl halides is 2. The molecule has 0 radical (unpaired) electrons. The molecule has 0 spiro atoms. The number of nitrogens with zero attached hydrogens (tertiary/aromatic N) is 2. The third kappa shape index (κ3) is 7.67. The van der Waals surface area contributed by atoms with Crippen LogP contribution in [0.3, 0.4) is 0 Å². The van der Waals surface area contributed by atoms with E-state index in [-0.39, 0.29) is 27.3 Å². The Bertz CT molecular complexity index is 1320. The number of hydrogen-bond acceptors (Lipinski definition) is 6. The highest BCUT2D eigenvalue weighted by molar-refractivity contribution is 7.89. The van der Waals surface area contributed by atoms with Crippen LogP contribution in [0.2, 0.25) is 5.02 Å². The van der Waals surface area contributed by atoms with E-state index in [4.69, 9.17) is 11.6 Å². The smallest absolute Gasteiger partial charge is 0.409 e. The van der Waals surface area contributed by atoms with Gasteiger partial charge in [0.15, 0.2) is 0 Å². The largest absolute Gasteiger partial charge is 0.453 e. The van der Waals surface area contributed by atoms with Gasteiger partial charge in [-0.1, -0.05) is 35.9 Å². The lowest BCUT2D eigenvalue weighted by molar-refractivity contribution is -0.131. The van der Waals surface area contributed by atoms with Gasteiger partial charge in [-0.15, -0.1) is 0 Å².